The first-order chi connectivity index (χ1) is 16.5. The Morgan fingerprint density at radius 1 is 0.912 bits per heavy atom. The molecule has 0 amide bonds. The minimum Gasteiger partial charge on any atom is -0.496 e. The topological polar surface area (TPSA) is 65.9 Å². The normalized spacial score (nSPS) is 17.8. The van der Waals surface area contributed by atoms with Crippen LogP contribution in [0.5, 0.6) is 23.0 Å². The SMILES string of the molecule is COc1ccc(Cl)c(OC)c1-c1nnc(N(c2c(OC)cccc2OC)C2CCCC(Cl)C2)s1. The number of ether oxygens (including phenoxy) is 4. The molecule has 1 aliphatic carbocycles. The third kappa shape index (κ3) is 4.72. The van der Waals surface area contributed by atoms with Crippen LogP contribution in [-0.2, 0) is 0 Å². The summed E-state index contributed by atoms with van der Waals surface area (Å²) in [6.07, 6.45) is 3.78. The average molecular weight is 524 g/mol. The highest BCUT2D eigenvalue weighted by Crippen LogP contribution is 2.49. The highest BCUT2D eigenvalue weighted by molar-refractivity contribution is 7.18. The van der Waals surface area contributed by atoms with Gasteiger partial charge in [-0.2, -0.15) is 0 Å². The molecule has 0 N–H and O–H groups in total. The summed E-state index contributed by atoms with van der Waals surface area (Å²) in [6.45, 7) is 0. The Morgan fingerprint density at radius 3 is 2.24 bits per heavy atom. The summed E-state index contributed by atoms with van der Waals surface area (Å²) >= 11 is 14.4. The number of anilines is 2. The van der Waals surface area contributed by atoms with E-state index >= 15 is 0 Å². The zero-order valence-electron chi connectivity index (χ0n) is 19.5. The van der Waals surface area contributed by atoms with Crippen molar-refractivity contribution < 1.29 is 18.9 Å². The van der Waals surface area contributed by atoms with Crippen molar-refractivity contribution in [2.24, 2.45) is 0 Å². The molecule has 0 aliphatic heterocycles. The van der Waals surface area contributed by atoms with Gasteiger partial charge in [-0.1, -0.05) is 29.0 Å². The van der Waals surface area contributed by atoms with E-state index in [4.69, 9.17) is 42.1 Å². The molecule has 0 spiro atoms. The number of aromatic nitrogens is 2. The Bertz CT molecular complexity index is 1120. The van der Waals surface area contributed by atoms with Gasteiger partial charge in [-0.05, 0) is 49.9 Å². The lowest BCUT2D eigenvalue weighted by Gasteiger charge is -2.36. The van der Waals surface area contributed by atoms with Crippen molar-refractivity contribution >= 4 is 45.4 Å². The van der Waals surface area contributed by atoms with Crippen LogP contribution in [-0.4, -0.2) is 50.1 Å². The van der Waals surface area contributed by atoms with Gasteiger partial charge in [0.25, 0.3) is 0 Å². The number of nitrogens with zero attached hydrogens (tertiary/aromatic N) is 3. The van der Waals surface area contributed by atoms with Crippen molar-refractivity contribution in [3.05, 3.63) is 35.4 Å². The molecular weight excluding hydrogens is 497 g/mol. The molecule has 1 aliphatic rings. The number of hydrogen-bond acceptors (Lipinski definition) is 8. The lowest BCUT2D eigenvalue weighted by Crippen LogP contribution is -2.36. The fourth-order valence-electron chi connectivity index (χ4n) is 4.37. The Kier molecular flexibility index (Phi) is 7.91. The van der Waals surface area contributed by atoms with E-state index < -0.39 is 0 Å². The number of para-hydroxylation sites is 1. The summed E-state index contributed by atoms with van der Waals surface area (Å²) in [6, 6.07) is 9.36. The maximum absolute atomic E-state index is 6.61. The summed E-state index contributed by atoms with van der Waals surface area (Å²) in [4.78, 5) is 2.15. The van der Waals surface area contributed by atoms with Crippen molar-refractivity contribution in [3.8, 4) is 33.6 Å². The van der Waals surface area contributed by atoms with Crippen LogP contribution in [0.25, 0.3) is 10.6 Å². The molecule has 2 unspecified atom stereocenters. The molecule has 10 heteroatoms. The monoisotopic (exact) mass is 523 g/mol. The first-order valence-corrected chi connectivity index (χ1v) is 12.5. The lowest BCUT2D eigenvalue weighted by atomic mass is 9.93. The zero-order chi connectivity index (χ0) is 24.2. The molecular formula is C24H27Cl2N3O4S. The predicted octanol–water partition coefficient (Wildman–Crippen LogP) is 6.58. The van der Waals surface area contributed by atoms with Gasteiger partial charge in [-0.25, -0.2) is 0 Å². The largest absolute Gasteiger partial charge is 0.496 e. The summed E-state index contributed by atoms with van der Waals surface area (Å²) in [7, 11) is 6.47. The second-order valence-corrected chi connectivity index (χ2v) is 9.83. The van der Waals surface area contributed by atoms with Gasteiger partial charge in [0.05, 0.1) is 39.0 Å². The first-order valence-electron chi connectivity index (χ1n) is 10.9. The molecule has 182 valence electrons. The van der Waals surface area contributed by atoms with Gasteiger partial charge in [-0.15, -0.1) is 21.8 Å². The van der Waals surface area contributed by atoms with Gasteiger partial charge in [0.1, 0.15) is 22.9 Å². The van der Waals surface area contributed by atoms with E-state index in [2.05, 4.69) is 15.1 Å². The Hall–Kier alpha value is -2.42. The molecule has 3 aromatic rings. The van der Waals surface area contributed by atoms with Crippen LogP contribution in [0.4, 0.5) is 10.8 Å². The van der Waals surface area contributed by atoms with Gasteiger partial charge in [0, 0.05) is 11.4 Å². The number of rotatable bonds is 8. The van der Waals surface area contributed by atoms with E-state index in [0.717, 1.165) is 31.4 Å². The van der Waals surface area contributed by atoms with E-state index in [9.17, 15) is 0 Å². The summed E-state index contributed by atoms with van der Waals surface area (Å²) in [5, 5.41) is 11.0. The maximum Gasteiger partial charge on any atom is 0.213 e. The maximum atomic E-state index is 6.61. The van der Waals surface area contributed by atoms with Crippen LogP contribution in [0.3, 0.4) is 0 Å². The average Bonchev–Trinajstić information content (AvgIpc) is 3.33. The molecule has 1 heterocycles. The van der Waals surface area contributed by atoms with Gasteiger partial charge >= 0.3 is 0 Å². The van der Waals surface area contributed by atoms with Crippen molar-refractivity contribution in [2.45, 2.75) is 37.1 Å². The van der Waals surface area contributed by atoms with Crippen molar-refractivity contribution in [2.75, 3.05) is 33.3 Å². The molecule has 0 radical (unpaired) electrons. The second-order valence-electron chi connectivity index (χ2n) is 7.85. The van der Waals surface area contributed by atoms with Gasteiger partial charge in [-0.3, -0.25) is 0 Å². The number of benzene rings is 2. The first kappa shape index (κ1) is 24.7. The minimum absolute atomic E-state index is 0.0856. The number of halogens is 2. The van der Waals surface area contributed by atoms with Crippen LogP contribution in [0, 0.1) is 0 Å². The quantitative estimate of drug-likeness (QED) is 0.309. The summed E-state index contributed by atoms with van der Waals surface area (Å²) in [5.74, 6) is 2.46. The Morgan fingerprint density at radius 2 is 1.62 bits per heavy atom. The molecule has 4 rings (SSSR count). The third-order valence-corrected chi connectivity index (χ3v) is 7.55. The highest BCUT2D eigenvalue weighted by atomic mass is 35.5. The summed E-state index contributed by atoms with van der Waals surface area (Å²) in [5.41, 5.74) is 1.46. The summed E-state index contributed by atoms with van der Waals surface area (Å²) < 4.78 is 22.6. The third-order valence-electron chi connectivity index (χ3n) is 5.92. The van der Waals surface area contributed by atoms with Crippen molar-refractivity contribution in [1.82, 2.24) is 10.2 Å². The molecule has 2 aromatic carbocycles. The molecule has 1 fully saturated rings. The Labute approximate surface area is 213 Å². The van der Waals surface area contributed by atoms with Crippen molar-refractivity contribution in [3.63, 3.8) is 0 Å². The van der Waals surface area contributed by atoms with E-state index in [1.807, 2.05) is 18.2 Å². The van der Waals surface area contributed by atoms with Crippen LogP contribution in [0.1, 0.15) is 25.7 Å². The minimum atomic E-state index is 0.0856. The van der Waals surface area contributed by atoms with Crippen LogP contribution < -0.4 is 23.8 Å². The van der Waals surface area contributed by atoms with Gasteiger partial charge in [0.2, 0.25) is 5.13 Å². The smallest absolute Gasteiger partial charge is 0.213 e. The van der Waals surface area contributed by atoms with Gasteiger partial charge in [0.15, 0.2) is 10.8 Å². The number of alkyl halides is 1. The lowest BCUT2D eigenvalue weighted by molar-refractivity contribution is 0.386. The van der Waals surface area contributed by atoms with E-state index in [1.54, 1.807) is 40.6 Å². The predicted molar refractivity (Wildman–Crippen MR) is 137 cm³/mol. The zero-order valence-corrected chi connectivity index (χ0v) is 21.8. The standard InChI is InChI=1S/C24H27Cl2N3O4S/c1-30-17-12-11-16(26)22(33-4)20(17)23-27-28-24(34-23)29(15-8-5-7-14(25)13-15)21-18(31-2)9-6-10-19(21)32-3/h6,9-12,14-15H,5,7-8,13H2,1-4H3. The van der Waals surface area contributed by atoms with Crippen LogP contribution in [0.2, 0.25) is 5.02 Å². The molecule has 1 saturated carbocycles. The van der Waals surface area contributed by atoms with Crippen molar-refractivity contribution in [1.29, 1.82) is 0 Å². The molecule has 7 nitrogen and oxygen atoms in total. The second kappa shape index (κ2) is 10.9. The Balaban J connectivity index is 1.88. The number of methoxy groups -OCH3 is 4. The van der Waals surface area contributed by atoms with Gasteiger partial charge < -0.3 is 23.8 Å². The molecule has 1 aromatic heterocycles. The molecule has 0 saturated heterocycles. The van der Waals surface area contributed by atoms with E-state index in [0.29, 0.717) is 43.7 Å². The highest BCUT2D eigenvalue weighted by Gasteiger charge is 2.33. The number of hydrogen-bond donors (Lipinski definition) is 0. The van der Waals surface area contributed by atoms with E-state index in [1.165, 1.54) is 11.3 Å². The van der Waals surface area contributed by atoms with Crippen LogP contribution >= 0.6 is 34.5 Å². The molecule has 2 atom stereocenters. The molecule has 0 bridgehead atoms. The fraction of sp³-hybridized carbons (Fsp3) is 0.417. The van der Waals surface area contributed by atoms with E-state index in [-0.39, 0.29) is 11.4 Å². The molecule has 34 heavy (non-hydrogen) atoms. The fourth-order valence-corrected chi connectivity index (χ4v) is 5.93. The van der Waals surface area contributed by atoms with Crippen LogP contribution in [0.15, 0.2) is 30.3 Å².